The van der Waals surface area contributed by atoms with Crippen molar-refractivity contribution < 1.29 is 14.3 Å². The fourth-order valence-corrected chi connectivity index (χ4v) is 2.33. The number of nitrogens with zero attached hydrogens (tertiary/aromatic N) is 1. The van der Waals surface area contributed by atoms with E-state index in [-0.39, 0.29) is 16.9 Å². The van der Waals surface area contributed by atoms with Crippen molar-refractivity contribution in [2.24, 2.45) is 5.73 Å². The molecule has 0 spiro atoms. The van der Waals surface area contributed by atoms with Crippen molar-refractivity contribution in [1.29, 1.82) is 0 Å². The summed E-state index contributed by atoms with van der Waals surface area (Å²) < 4.78 is 12.0. The van der Waals surface area contributed by atoms with Crippen LogP contribution in [0.5, 0.6) is 11.5 Å². The lowest BCUT2D eigenvalue weighted by Gasteiger charge is -2.15. The molecule has 0 radical (unpaired) electrons. The molecule has 0 aliphatic carbocycles. The molecule has 0 saturated heterocycles. The number of nitrogens with one attached hydrogen (secondary N) is 1. The second-order valence-corrected chi connectivity index (χ2v) is 4.83. The van der Waals surface area contributed by atoms with E-state index in [2.05, 4.69) is 4.98 Å². The van der Waals surface area contributed by atoms with Crippen molar-refractivity contribution >= 4 is 18.1 Å². The summed E-state index contributed by atoms with van der Waals surface area (Å²) in [5, 5.41) is 0. The number of carbonyl (C=O) groups excluding carboxylic acids is 1. The largest absolute Gasteiger partial charge is 0.497 e. The minimum atomic E-state index is -0.572. The summed E-state index contributed by atoms with van der Waals surface area (Å²) in [6.45, 7) is -0.153. The number of hydrogen-bond donors (Lipinski definition) is 2. The predicted molar refractivity (Wildman–Crippen MR) is 83.6 cm³/mol. The van der Waals surface area contributed by atoms with Crippen molar-refractivity contribution in [3.8, 4) is 22.8 Å². The highest BCUT2D eigenvalue weighted by atomic mass is 32.1. The fraction of sp³-hybridized carbons (Fsp3) is 0.214. The standard InChI is InChI=1S/C14H15N3O4S/c1-20-8-3-4-9(11(5-8)21-2)10-6-13(19)16-14(22)17(10)7-12(15)18/h3-6H,7H2,1-2H3,(H2,15,18)(H,16,19,22). The number of aromatic amines is 1. The molecule has 1 aromatic heterocycles. The third kappa shape index (κ3) is 3.17. The van der Waals surface area contributed by atoms with Gasteiger partial charge < -0.3 is 19.8 Å². The van der Waals surface area contributed by atoms with Crippen LogP contribution in [-0.4, -0.2) is 29.7 Å². The maximum atomic E-state index is 11.7. The first kappa shape index (κ1) is 15.8. The molecule has 0 bridgehead atoms. The Morgan fingerprint density at radius 3 is 2.64 bits per heavy atom. The van der Waals surface area contributed by atoms with Gasteiger partial charge in [-0.2, -0.15) is 0 Å². The van der Waals surface area contributed by atoms with Crippen LogP contribution in [0.4, 0.5) is 0 Å². The number of H-pyrrole nitrogens is 1. The molecule has 2 aromatic rings. The Kier molecular flexibility index (Phi) is 4.62. The Hall–Kier alpha value is -2.61. The van der Waals surface area contributed by atoms with Gasteiger partial charge in [0.05, 0.1) is 19.9 Å². The first-order valence-corrected chi connectivity index (χ1v) is 6.72. The van der Waals surface area contributed by atoms with E-state index < -0.39 is 5.91 Å². The SMILES string of the molecule is COc1ccc(-c2cc(=O)[nH]c(=S)n2CC(N)=O)c(OC)c1. The van der Waals surface area contributed by atoms with Gasteiger partial charge in [-0.15, -0.1) is 0 Å². The maximum Gasteiger partial charge on any atom is 0.252 e. The van der Waals surface area contributed by atoms with Crippen LogP contribution >= 0.6 is 12.2 Å². The Bertz CT molecular complexity index is 826. The monoisotopic (exact) mass is 321 g/mol. The Balaban J connectivity index is 2.73. The highest BCUT2D eigenvalue weighted by Gasteiger charge is 2.14. The van der Waals surface area contributed by atoms with Gasteiger partial charge in [0, 0.05) is 17.7 Å². The second-order valence-electron chi connectivity index (χ2n) is 4.44. The minimum absolute atomic E-state index is 0.110. The lowest BCUT2D eigenvalue weighted by molar-refractivity contribution is -0.118. The van der Waals surface area contributed by atoms with E-state index in [9.17, 15) is 9.59 Å². The second kappa shape index (κ2) is 6.44. The third-order valence-electron chi connectivity index (χ3n) is 3.03. The molecule has 0 fully saturated rings. The third-order valence-corrected chi connectivity index (χ3v) is 3.35. The van der Waals surface area contributed by atoms with Crippen LogP contribution in [0.25, 0.3) is 11.3 Å². The molecule has 2 rings (SSSR count). The summed E-state index contributed by atoms with van der Waals surface area (Å²) in [6, 6.07) is 6.45. The van der Waals surface area contributed by atoms with E-state index in [0.29, 0.717) is 22.8 Å². The molecule has 0 unspecified atom stereocenters. The van der Waals surface area contributed by atoms with Gasteiger partial charge in [0.15, 0.2) is 4.77 Å². The zero-order valence-electron chi connectivity index (χ0n) is 12.1. The van der Waals surface area contributed by atoms with Crippen LogP contribution in [0.15, 0.2) is 29.1 Å². The average Bonchev–Trinajstić information content (AvgIpc) is 2.48. The molecule has 8 heteroatoms. The van der Waals surface area contributed by atoms with Crippen LogP contribution in [0, 0.1) is 4.77 Å². The number of methoxy groups -OCH3 is 2. The summed E-state index contributed by atoms with van der Waals surface area (Å²) in [7, 11) is 3.04. The molecule has 0 atom stereocenters. The highest BCUT2D eigenvalue weighted by molar-refractivity contribution is 7.71. The summed E-state index contributed by atoms with van der Waals surface area (Å²) >= 11 is 5.11. The van der Waals surface area contributed by atoms with E-state index in [1.165, 1.54) is 24.9 Å². The van der Waals surface area contributed by atoms with E-state index in [1.54, 1.807) is 18.2 Å². The summed E-state index contributed by atoms with van der Waals surface area (Å²) in [6.07, 6.45) is 0. The van der Waals surface area contributed by atoms with Gasteiger partial charge in [-0.25, -0.2) is 0 Å². The number of benzene rings is 1. The predicted octanol–water partition coefficient (Wildman–Crippen LogP) is 1.08. The van der Waals surface area contributed by atoms with Gasteiger partial charge in [-0.1, -0.05) is 0 Å². The highest BCUT2D eigenvalue weighted by Crippen LogP contribution is 2.32. The summed E-state index contributed by atoms with van der Waals surface area (Å²) in [4.78, 5) is 25.4. The molecule has 1 amide bonds. The number of hydrogen-bond acceptors (Lipinski definition) is 5. The molecule has 3 N–H and O–H groups in total. The molecule has 1 heterocycles. The Morgan fingerprint density at radius 1 is 1.32 bits per heavy atom. The fourth-order valence-electron chi connectivity index (χ4n) is 2.07. The molecule has 0 aliphatic heterocycles. The first-order chi connectivity index (χ1) is 10.5. The molecule has 7 nitrogen and oxygen atoms in total. The minimum Gasteiger partial charge on any atom is -0.497 e. The average molecular weight is 321 g/mol. The molecule has 1 aromatic carbocycles. The Morgan fingerprint density at radius 2 is 2.05 bits per heavy atom. The van der Waals surface area contributed by atoms with Crippen molar-refractivity contribution in [3.63, 3.8) is 0 Å². The Labute approximate surface area is 131 Å². The molecule has 116 valence electrons. The van der Waals surface area contributed by atoms with Crippen molar-refractivity contribution in [2.45, 2.75) is 6.54 Å². The first-order valence-electron chi connectivity index (χ1n) is 6.31. The van der Waals surface area contributed by atoms with E-state index >= 15 is 0 Å². The normalized spacial score (nSPS) is 10.3. The van der Waals surface area contributed by atoms with Gasteiger partial charge in [0.1, 0.15) is 18.0 Å². The zero-order chi connectivity index (χ0) is 16.3. The number of rotatable bonds is 5. The number of nitrogens with two attached hydrogens (primary N) is 1. The number of aromatic nitrogens is 2. The van der Waals surface area contributed by atoms with Crippen LogP contribution < -0.4 is 20.8 Å². The van der Waals surface area contributed by atoms with Crippen LogP contribution in [0.2, 0.25) is 0 Å². The molecule has 0 saturated carbocycles. The molecular formula is C14H15N3O4S. The van der Waals surface area contributed by atoms with E-state index in [4.69, 9.17) is 27.4 Å². The summed E-state index contributed by atoms with van der Waals surface area (Å²) in [5.41, 5.74) is 5.90. The van der Waals surface area contributed by atoms with Crippen LogP contribution in [-0.2, 0) is 11.3 Å². The number of carbonyl (C=O) groups is 1. The topological polar surface area (TPSA) is 99.3 Å². The van der Waals surface area contributed by atoms with Crippen LogP contribution in [0.1, 0.15) is 0 Å². The summed E-state index contributed by atoms with van der Waals surface area (Å²) in [5.74, 6) is 0.514. The maximum absolute atomic E-state index is 11.7. The number of amides is 1. The van der Waals surface area contributed by atoms with Crippen molar-refractivity contribution in [2.75, 3.05) is 14.2 Å². The van der Waals surface area contributed by atoms with Crippen molar-refractivity contribution in [1.82, 2.24) is 9.55 Å². The lowest BCUT2D eigenvalue weighted by Crippen LogP contribution is -2.23. The van der Waals surface area contributed by atoms with Gasteiger partial charge in [-0.05, 0) is 24.4 Å². The number of primary amides is 1. The molecule has 0 aliphatic rings. The van der Waals surface area contributed by atoms with Gasteiger partial charge in [-0.3, -0.25) is 14.6 Å². The lowest BCUT2D eigenvalue weighted by atomic mass is 10.1. The molecule has 22 heavy (non-hydrogen) atoms. The van der Waals surface area contributed by atoms with Gasteiger partial charge >= 0.3 is 0 Å². The van der Waals surface area contributed by atoms with E-state index in [0.717, 1.165) is 0 Å². The van der Waals surface area contributed by atoms with Crippen LogP contribution in [0.3, 0.4) is 0 Å². The molecular weight excluding hydrogens is 306 g/mol. The van der Waals surface area contributed by atoms with Gasteiger partial charge in [0.25, 0.3) is 5.56 Å². The van der Waals surface area contributed by atoms with Crippen molar-refractivity contribution in [3.05, 3.63) is 39.4 Å². The van der Waals surface area contributed by atoms with Gasteiger partial charge in [0.2, 0.25) is 5.91 Å². The zero-order valence-corrected chi connectivity index (χ0v) is 12.9. The quantitative estimate of drug-likeness (QED) is 0.803. The smallest absolute Gasteiger partial charge is 0.252 e. The van der Waals surface area contributed by atoms with E-state index in [1.807, 2.05) is 0 Å². The number of ether oxygens (including phenoxy) is 2.